The van der Waals surface area contributed by atoms with E-state index >= 15 is 0 Å². The van der Waals surface area contributed by atoms with Crippen LogP contribution in [0.25, 0.3) is 22.4 Å². The van der Waals surface area contributed by atoms with Gasteiger partial charge >= 0.3 is 0 Å². The molecule has 4 heterocycles. The SMILES string of the molecule is COc1ccc(-c2nc(C3CCOCC3)nc3nc(C)c(C)nc23)c(F)c1.c1cnn(C2CC2)c1. The van der Waals surface area contributed by atoms with E-state index in [1.165, 1.54) is 26.0 Å². The number of rotatable bonds is 4. The second-order valence-corrected chi connectivity index (χ2v) is 8.95. The van der Waals surface area contributed by atoms with E-state index in [1.807, 2.05) is 37.0 Å². The van der Waals surface area contributed by atoms with Crippen molar-refractivity contribution >= 4 is 11.2 Å². The second-order valence-electron chi connectivity index (χ2n) is 8.95. The summed E-state index contributed by atoms with van der Waals surface area (Å²) in [5, 5.41) is 4.09. The van der Waals surface area contributed by atoms with E-state index in [1.54, 1.807) is 12.1 Å². The highest BCUT2D eigenvalue weighted by Gasteiger charge is 2.24. The van der Waals surface area contributed by atoms with Crippen LogP contribution in [0.2, 0.25) is 0 Å². The van der Waals surface area contributed by atoms with Crippen molar-refractivity contribution < 1.29 is 13.9 Å². The zero-order valence-corrected chi connectivity index (χ0v) is 20.2. The van der Waals surface area contributed by atoms with Crippen molar-refractivity contribution in [1.29, 1.82) is 0 Å². The number of nitrogens with zero attached hydrogens (tertiary/aromatic N) is 6. The minimum Gasteiger partial charge on any atom is -0.497 e. The van der Waals surface area contributed by atoms with Gasteiger partial charge in [-0.15, -0.1) is 0 Å². The van der Waals surface area contributed by atoms with Gasteiger partial charge in [0.15, 0.2) is 5.65 Å². The van der Waals surface area contributed by atoms with Crippen molar-refractivity contribution in [3.8, 4) is 17.0 Å². The van der Waals surface area contributed by atoms with Crippen LogP contribution in [0, 0.1) is 19.7 Å². The lowest BCUT2D eigenvalue weighted by Gasteiger charge is -2.21. The normalized spacial score (nSPS) is 16.1. The first kappa shape index (κ1) is 23.3. The van der Waals surface area contributed by atoms with Gasteiger partial charge in [-0.1, -0.05) is 0 Å². The van der Waals surface area contributed by atoms with Gasteiger partial charge in [-0.2, -0.15) is 5.10 Å². The average Bonchev–Trinajstić information content (AvgIpc) is 3.59. The van der Waals surface area contributed by atoms with E-state index in [9.17, 15) is 4.39 Å². The number of ether oxygens (including phenoxy) is 2. The van der Waals surface area contributed by atoms with Crippen LogP contribution in [-0.4, -0.2) is 50.0 Å². The van der Waals surface area contributed by atoms with Gasteiger partial charge in [0.05, 0.1) is 24.5 Å². The lowest BCUT2D eigenvalue weighted by molar-refractivity contribution is 0.0836. The number of halogens is 1. The Hall–Kier alpha value is -3.46. The first-order chi connectivity index (χ1) is 17.0. The van der Waals surface area contributed by atoms with E-state index in [2.05, 4.69) is 20.1 Å². The standard InChI is InChI=1S/C20H21FN4O2.C6H8N2/c1-11-12(2)23-20-18(22-11)17(15-5-4-14(26-3)10-16(15)21)24-19(25-20)13-6-8-27-9-7-13;1-4-7-8(5-1)6-2-3-6/h4-5,10,13H,6-9H2,1-3H3;1,4-6H,2-3H2. The third-order valence-electron chi connectivity index (χ3n) is 6.42. The van der Waals surface area contributed by atoms with E-state index in [-0.39, 0.29) is 5.92 Å². The lowest BCUT2D eigenvalue weighted by Crippen LogP contribution is -2.17. The topological polar surface area (TPSA) is 87.8 Å². The third kappa shape index (κ3) is 5.14. The monoisotopic (exact) mass is 476 g/mol. The van der Waals surface area contributed by atoms with Crippen LogP contribution in [-0.2, 0) is 4.74 Å². The highest BCUT2D eigenvalue weighted by Crippen LogP contribution is 2.34. The van der Waals surface area contributed by atoms with Crippen molar-refractivity contribution in [2.45, 2.75) is 51.5 Å². The first-order valence-electron chi connectivity index (χ1n) is 12.0. The maximum atomic E-state index is 14.8. The summed E-state index contributed by atoms with van der Waals surface area (Å²) in [5.74, 6) is 0.893. The highest BCUT2D eigenvalue weighted by atomic mass is 19.1. The third-order valence-corrected chi connectivity index (χ3v) is 6.42. The molecule has 4 aromatic rings. The van der Waals surface area contributed by atoms with Gasteiger partial charge in [0.25, 0.3) is 0 Å². The zero-order chi connectivity index (χ0) is 24.4. The van der Waals surface area contributed by atoms with Crippen molar-refractivity contribution in [1.82, 2.24) is 29.7 Å². The van der Waals surface area contributed by atoms with Crippen molar-refractivity contribution in [2.24, 2.45) is 0 Å². The molecular formula is C26H29FN6O2. The fourth-order valence-electron chi connectivity index (χ4n) is 4.11. The molecule has 0 spiro atoms. The van der Waals surface area contributed by atoms with Crippen molar-refractivity contribution in [3.63, 3.8) is 0 Å². The molecule has 0 amide bonds. The second kappa shape index (κ2) is 10.0. The number of hydrogen-bond acceptors (Lipinski definition) is 7. The van der Waals surface area contributed by atoms with E-state index in [0.717, 1.165) is 30.3 Å². The molecule has 0 N–H and O–H groups in total. The molecule has 6 rings (SSSR count). The molecule has 1 saturated carbocycles. The Morgan fingerprint density at radius 3 is 2.43 bits per heavy atom. The molecule has 1 aliphatic heterocycles. The van der Waals surface area contributed by atoms with Gasteiger partial charge in [0.2, 0.25) is 0 Å². The zero-order valence-electron chi connectivity index (χ0n) is 20.2. The molecule has 0 radical (unpaired) electrons. The molecule has 182 valence electrons. The number of methoxy groups -OCH3 is 1. The molecular weight excluding hydrogens is 447 g/mol. The smallest absolute Gasteiger partial charge is 0.182 e. The van der Waals surface area contributed by atoms with Crippen LogP contribution in [0.15, 0.2) is 36.7 Å². The molecule has 0 unspecified atom stereocenters. The van der Waals surface area contributed by atoms with Crippen molar-refractivity contribution in [2.75, 3.05) is 20.3 Å². The van der Waals surface area contributed by atoms with Gasteiger partial charge in [-0.25, -0.2) is 24.3 Å². The van der Waals surface area contributed by atoms with Crippen LogP contribution in [0.4, 0.5) is 4.39 Å². The van der Waals surface area contributed by atoms with Crippen LogP contribution in [0.3, 0.4) is 0 Å². The lowest BCUT2D eigenvalue weighted by atomic mass is 9.99. The summed E-state index contributed by atoms with van der Waals surface area (Å²) in [6.07, 6.45) is 8.18. The number of hydrogen-bond donors (Lipinski definition) is 0. The van der Waals surface area contributed by atoms with Crippen LogP contribution in [0.1, 0.15) is 54.9 Å². The molecule has 9 heteroatoms. The van der Waals surface area contributed by atoms with Gasteiger partial charge in [-0.3, -0.25) is 4.68 Å². The Balaban J connectivity index is 0.000000265. The predicted molar refractivity (Wildman–Crippen MR) is 130 cm³/mol. The fourth-order valence-corrected chi connectivity index (χ4v) is 4.11. The number of aromatic nitrogens is 6. The Bertz CT molecular complexity index is 1320. The fraction of sp³-hybridized carbons (Fsp3) is 0.423. The maximum absolute atomic E-state index is 14.8. The van der Waals surface area contributed by atoms with Crippen LogP contribution >= 0.6 is 0 Å². The maximum Gasteiger partial charge on any atom is 0.182 e. The molecule has 1 saturated heterocycles. The number of fused-ring (bicyclic) bond motifs is 1. The van der Waals surface area contributed by atoms with Gasteiger partial charge in [0, 0.05) is 43.2 Å². The molecule has 2 fully saturated rings. The summed E-state index contributed by atoms with van der Waals surface area (Å²) in [5.41, 5.74) is 3.43. The van der Waals surface area contributed by atoms with Crippen molar-refractivity contribution in [3.05, 3.63) is 59.7 Å². The van der Waals surface area contributed by atoms with Gasteiger partial charge in [0.1, 0.15) is 28.6 Å². The number of benzene rings is 1. The summed E-state index contributed by atoms with van der Waals surface area (Å²) in [6.45, 7) is 5.13. The minimum absolute atomic E-state index is 0.173. The minimum atomic E-state index is -0.410. The van der Waals surface area contributed by atoms with Crippen LogP contribution < -0.4 is 4.74 Å². The Morgan fingerprint density at radius 2 is 1.77 bits per heavy atom. The molecule has 1 aliphatic carbocycles. The largest absolute Gasteiger partial charge is 0.497 e. The van der Waals surface area contributed by atoms with E-state index < -0.39 is 5.82 Å². The molecule has 1 aromatic carbocycles. The molecule has 0 atom stereocenters. The first-order valence-corrected chi connectivity index (χ1v) is 12.0. The summed E-state index contributed by atoms with van der Waals surface area (Å²) in [6, 6.07) is 7.45. The van der Waals surface area contributed by atoms with E-state index in [0.29, 0.717) is 47.2 Å². The highest BCUT2D eigenvalue weighted by molar-refractivity contribution is 5.87. The Morgan fingerprint density at radius 1 is 1.00 bits per heavy atom. The summed E-state index contributed by atoms with van der Waals surface area (Å²) in [4.78, 5) is 18.6. The molecule has 35 heavy (non-hydrogen) atoms. The molecule has 3 aromatic heterocycles. The molecule has 0 bridgehead atoms. The van der Waals surface area contributed by atoms with E-state index in [4.69, 9.17) is 14.5 Å². The predicted octanol–water partition coefficient (Wildman–Crippen LogP) is 4.96. The molecule has 8 nitrogen and oxygen atoms in total. The Kier molecular flexibility index (Phi) is 6.68. The number of aryl methyl sites for hydroxylation is 2. The summed E-state index contributed by atoms with van der Waals surface area (Å²) < 4.78 is 27.4. The van der Waals surface area contributed by atoms with Gasteiger partial charge < -0.3 is 9.47 Å². The Labute approximate surface area is 203 Å². The average molecular weight is 477 g/mol. The summed E-state index contributed by atoms with van der Waals surface area (Å²) >= 11 is 0. The summed E-state index contributed by atoms with van der Waals surface area (Å²) in [7, 11) is 1.51. The van der Waals surface area contributed by atoms with Crippen LogP contribution in [0.5, 0.6) is 5.75 Å². The van der Waals surface area contributed by atoms with Gasteiger partial charge in [-0.05, 0) is 57.7 Å². The molecule has 2 aliphatic rings. The quantitative estimate of drug-likeness (QED) is 0.411.